The molecule has 3 heteroatoms. The summed E-state index contributed by atoms with van der Waals surface area (Å²) >= 11 is 0. The van der Waals surface area contributed by atoms with Crippen molar-refractivity contribution >= 4 is 0 Å². The van der Waals surface area contributed by atoms with Gasteiger partial charge in [0.15, 0.2) is 0 Å². The van der Waals surface area contributed by atoms with Gasteiger partial charge in [0.25, 0.3) is 0 Å². The highest BCUT2D eigenvalue weighted by Crippen LogP contribution is 2.32. The summed E-state index contributed by atoms with van der Waals surface area (Å²) in [5.74, 6) is 0.582. The summed E-state index contributed by atoms with van der Waals surface area (Å²) in [7, 11) is 0. The van der Waals surface area contributed by atoms with Crippen LogP contribution in [0.15, 0.2) is 0 Å². The number of hydrogen-bond donors (Lipinski definition) is 3. The van der Waals surface area contributed by atoms with Gasteiger partial charge in [0.2, 0.25) is 0 Å². The van der Waals surface area contributed by atoms with E-state index in [0.29, 0.717) is 5.92 Å². The fraction of sp³-hybridized carbons (Fsp3) is 1.00. The zero-order chi connectivity index (χ0) is 10.6. The highest BCUT2D eigenvalue weighted by Gasteiger charge is 2.28. The third-order valence-electron chi connectivity index (χ3n) is 2.48. The van der Waals surface area contributed by atoms with Crippen molar-refractivity contribution in [1.29, 1.82) is 0 Å². The molecule has 0 radical (unpaired) electrons. The minimum absolute atomic E-state index is 0.121. The van der Waals surface area contributed by atoms with Gasteiger partial charge in [-0.3, -0.25) is 0 Å². The number of hydrogen-bond acceptors (Lipinski definition) is 3. The lowest BCUT2D eigenvalue weighted by Gasteiger charge is -2.20. The first kappa shape index (κ1) is 12.0. The smallest absolute Gasteiger partial charge is 0.0692 e. The largest absolute Gasteiger partial charge is 0.392 e. The molecule has 1 saturated carbocycles. The Bertz CT molecular complexity index is 161. The lowest BCUT2D eigenvalue weighted by molar-refractivity contribution is 0.149. The van der Waals surface area contributed by atoms with Crippen molar-refractivity contribution < 1.29 is 5.11 Å². The van der Waals surface area contributed by atoms with E-state index < -0.39 is 0 Å². The molecular formula is C11H24N2O. The SMILES string of the molecule is CC(C)(C)NCCNCC(O)C1CC1. The minimum atomic E-state index is -0.121. The Balaban J connectivity index is 1.88. The quantitative estimate of drug-likeness (QED) is 0.554. The van der Waals surface area contributed by atoms with E-state index in [0.717, 1.165) is 19.6 Å². The van der Waals surface area contributed by atoms with Gasteiger partial charge in [0.1, 0.15) is 0 Å². The second-order valence-electron chi connectivity index (χ2n) is 5.29. The Kier molecular flexibility index (Phi) is 4.35. The van der Waals surface area contributed by atoms with Crippen molar-refractivity contribution in [3.05, 3.63) is 0 Å². The van der Waals surface area contributed by atoms with Gasteiger partial charge in [0.05, 0.1) is 6.10 Å². The van der Waals surface area contributed by atoms with E-state index >= 15 is 0 Å². The van der Waals surface area contributed by atoms with Gasteiger partial charge in [0, 0.05) is 25.2 Å². The van der Waals surface area contributed by atoms with Gasteiger partial charge in [-0.1, -0.05) is 0 Å². The van der Waals surface area contributed by atoms with Crippen LogP contribution in [0.1, 0.15) is 33.6 Å². The monoisotopic (exact) mass is 200 g/mol. The molecule has 0 spiro atoms. The summed E-state index contributed by atoms with van der Waals surface area (Å²) in [6.07, 6.45) is 2.30. The topological polar surface area (TPSA) is 44.3 Å². The van der Waals surface area contributed by atoms with Crippen molar-refractivity contribution in [1.82, 2.24) is 10.6 Å². The number of rotatable bonds is 6. The van der Waals surface area contributed by atoms with E-state index in [4.69, 9.17) is 0 Å². The zero-order valence-electron chi connectivity index (χ0n) is 9.64. The zero-order valence-corrected chi connectivity index (χ0v) is 9.64. The van der Waals surface area contributed by atoms with E-state index in [1.54, 1.807) is 0 Å². The molecule has 0 aromatic carbocycles. The predicted octanol–water partition coefficient (Wildman–Crippen LogP) is 0.735. The maximum absolute atomic E-state index is 9.57. The molecule has 0 aliphatic heterocycles. The Labute approximate surface area is 87.3 Å². The van der Waals surface area contributed by atoms with Crippen LogP contribution in [0.2, 0.25) is 0 Å². The lowest BCUT2D eigenvalue weighted by atomic mass is 10.1. The second-order valence-corrected chi connectivity index (χ2v) is 5.29. The minimum Gasteiger partial charge on any atom is -0.392 e. The van der Waals surface area contributed by atoms with Crippen molar-refractivity contribution in [3.63, 3.8) is 0 Å². The lowest BCUT2D eigenvalue weighted by Crippen LogP contribution is -2.41. The van der Waals surface area contributed by atoms with Gasteiger partial charge in [-0.05, 0) is 39.5 Å². The van der Waals surface area contributed by atoms with Gasteiger partial charge in [-0.15, -0.1) is 0 Å². The van der Waals surface area contributed by atoms with E-state index in [1.165, 1.54) is 12.8 Å². The van der Waals surface area contributed by atoms with Crippen molar-refractivity contribution in [2.24, 2.45) is 5.92 Å². The molecule has 1 aliphatic rings. The van der Waals surface area contributed by atoms with E-state index in [-0.39, 0.29) is 11.6 Å². The molecule has 0 bridgehead atoms. The Morgan fingerprint density at radius 3 is 2.43 bits per heavy atom. The first-order valence-corrected chi connectivity index (χ1v) is 5.63. The summed E-state index contributed by atoms with van der Waals surface area (Å²) in [6.45, 7) is 9.11. The standard InChI is InChI=1S/C11H24N2O/c1-11(2,3)13-7-6-12-8-10(14)9-4-5-9/h9-10,12-14H,4-8H2,1-3H3. The molecule has 0 aromatic heterocycles. The molecule has 0 heterocycles. The van der Waals surface area contributed by atoms with E-state index in [2.05, 4.69) is 31.4 Å². The van der Waals surface area contributed by atoms with Gasteiger partial charge in [-0.2, -0.15) is 0 Å². The van der Waals surface area contributed by atoms with Gasteiger partial charge < -0.3 is 15.7 Å². The molecule has 1 aliphatic carbocycles. The molecule has 1 unspecified atom stereocenters. The highest BCUT2D eigenvalue weighted by atomic mass is 16.3. The fourth-order valence-electron chi connectivity index (χ4n) is 1.42. The Morgan fingerprint density at radius 1 is 1.29 bits per heavy atom. The van der Waals surface area contributed by atoms with Crippen LogP contribution in [0.3, 0.4) is 0 Å². The predicted molar refractivity (Wildman–Crippen MR) is 59.4 cm³/mol. The highest BCUT2D eigenvalue weighted by molar-refractivity contribution is 4.82. The van der Waals surface area contributed by atoms with Crippen molar-refractivity contribution in [2.45, 2.75) is 45.3 Å². The average Bonchev–Trinajstić information content (AvgIpc) is 2.83. The first-order valence-electron chi connectivity index (χ1n) is 5.63. The number of aliphatic hydroxyl groups is 1. The maximum atomic E-state index is 9.57. The molecule has 0 aromatic rings. The average molecular weight is 200 g/mol. The molecule has 84 valence electrons. The van der Waals surface area contributed by atoms with Crippen molar-refractivity contribution in [2.75, 3.05) is 19.6 Å². The fourth-order valence-corrected chi connectivity index (χ4v) is 1.42. The third-order valence-corrected chi connectivity index (χ3v) is 2.48. The molecule has 1 fully saturated rings. The normalized spacial score (nSPS) is 19.7. The van der Waals surface area contributed by atoms with Crippen LogP contribution in [0.5, 0.6) is 0 Å². The number of aliphatic hydroxyl groups excluding tert-OH is 1. The molecule has 1 atom stereocenters. The number of nitrogens with one attached hydrogen (secondary N) is 2. The Hall–Kier alpha value is -0.120. The van der Waals surface area contributed by atoms with E-state index in [9.17, 15) is 5.11 Å². The molecule has 14 heavy (non-hydrogen) atoms. The van der Waals surface area contributed by atoms with Crippen LogP contribution in [0.4, 0.5) is 0 Å². The first-order chi connectivity index (χ1) is 6.49. The van der Waals surface area contributed by atoms with Crippen LogP contribution in [-0.2, 0) is 0 Å². The third kappa shape index (κ3) is 5.58. The van der Waals surface area contributed by atoms with Crippen LogP contribution in [0, 0.1) is 5.92 Å². The summed E-state index contributed by atoms with van der Waals surface area (Å²) < 4.78 is 0. The summed E-state index contributed by atoms with van der Waals surface area (Å²) in [6, 6.07) is 0. The van der Waals surface area contributed by atoms with Crippen molar-refractivity contribution in [3.8, 4) is 0 Å². The molecule has 3 nitrogen and oxygen atoms in total. The molecule has 0 saturated heterocycles. The van der Waals surface area contributed by atoms with Gasteiger partial charge in [-0.25, -0.2) is 0 Å². The summed E-state index contributed by atoms with van der Waals surface area (Å²) in [5, 5.41) is 16.2. The molecule has 3 N–H and O–H groups in total. The Morgan fingerprint density at radius 2 is 1.93 bits per heavy atom. The van der Waals surface area contributed by atoms with E-state index in [1.807, 2.05) is 0 Å². The summed E-state index contributed by atoms with van der Waals surface area (Å²) in [5.41, 5.74) is 0.191. The summed E-state index contributed by atoms with van der Waals surface area (Å²) in [4.78, 5) is 0. The maximum Gasteiger partial charge on any atom is 0.0692 e. The molecule has 1 rings (SSSR count). The van der Waals surface area contributed by atoms with Crippen LogP contribution < -0.4 is 10.6 Å². The van der Waals surface area contributed by atoms with Crippen LogP contribution in [-0.4, -0.2) is 36.4 Å². The van der Waals surface area contributed by atoms with Crippen LogP contribution in [0.25, 0.3) is 0 Å². The second kappa shape index (κ2) is 5.10. The molecular weight excluding hydrogens is 176 g/mol. The molecule has 0 amide bonds. The van der Waals surface area contributed by atoms with Crippen LogP contribution >= 0.6 is 0 Å². The van der Waals surface area contributed by atoms with Gasteiger partial charge >= 0.3 is 0 Å².